The van der Waals surface area contributed by atoms with Crippen LogP contribution in [0.15, 0.2) is 23.1 Å². The summed E-state index contributed by atoms with van der Waals surface area (Å²) < 4.78 is 27.1. The highest BCUT2D eigenvalue weighted by atomic mass is 32.2. The number of hydrogen-bond acceptors (Lipinski definition) is 3. The van der Waals surface area contributed by atoms with Crippen LogP contribution in [-0.4, -0.2) is 25.8 Å². The maximum Gasteiger partial charge on any atom is 0.245 e. The van der Waals surface area contributed by atoms with Crippen molar-refractivity contribution >= 4 is 15.7 Å². The number of aryl methyl sites for hydroxylation is 1. The van der Waals surface area contributed by atoms with Crippen molar-refractivity contribution in [3.05, 3.63) is 23.8 Å². The van der Waals surface area contributed by atoms with E-state index in [2.05, 4.69) is 6.92 Å². The Morgan fingerprint density at radius 3 is 2.50 bits per heavy atom. The second-order valence-electron chi connectivity index (χ2n) is 5.63. The van der Waals surface area contributed by atoms with Crippen molar-refractivity contribution in [2.24, 2.45) is 5.92 Å². The molecule has 1 aliphatic heterocycles. The zero-order chi connectivity index (χ0) is 14.8. The van der Waals surface area contributed by atoms with Gasteiger partial charge in [-0.1, -0.05) is 31.9 Å². The lowest BCUT2D eigenvalue weighted by molar-refractivity contribution is 0.262. The van der Waals surface area contributed by atoms with E-state index in [1.54, 1.807) is 29.4 Å². The Bertz CT molecular complexity index is 541. The molecular weight excluding hydrogens is 272 g/mol. The maximum absolute atomic E-state index is 12.7. The van der Waals surface area contributed by atoms with Gasteiger partial charge in [-0.2, -0.15) is 4.31 Å². The molecule has 4 nitrogen and oxygen atoms in total. The number of rotatable bonds is 4. The van der Waals surface area contributed by atoms with E-state index in [4.69, 9.17) is 5.73 Å². The van der Waals surface area contributed by atoms with Gasteiger partial charge in [0.05, 0.1) is 5.69 Å². The van der Waals surface area contributed by atoms with Crippen LogP contribution in [-0.2, 0) is 10.0 Å². The van der Waals surface area contributed by atoms with Crippen molar-refractivity contribution in [2.75, 3.05) is 18.8 Å². The number of anilines is 1. The van der Waals surface area contributed by atoms with E-state index in [-0.39, 0.29) is 4.90 Å². The van der Waals surface area contributed by atoms with E-state index in [1.807, 2.05) is 0 Å². The van der Waals surface area contributed by atoms with Crippen LogP contribution in [0, 0.1) is 12.8 Å². The first-order valence-corrected chi connectivity index (χ1v) is 8.76. The highest BCUT2D eigenvalue weighted by Crippen LogP contribution is 2.30. The number of nitrogens with two attached hydrogens (primary N) is 1. The molecule has 2 N–H and O–H groups in total. The van der Waals surface area contributed by atoms with Crippen LogP contribution in [0.3, 0.4) is 0 Å². The normalized spacial score (nSPS) is 18.3. The molecule has 20 heavy (non-hydrogen) atoms. The smallest absolute Gasteiger partial charge is 0.245 e. The zero-order valence-electron chi connectivity index (χ0n) is 12.3. The van der Waals surface area contributed by atoms with Gasteiger partial charge in [-0.15, -0.1) is 0 Å². The van der Waals surface area contributed by atoms with Gasteiger partial charge in [0.2, 0.25) is 10.0 Å². The Morgan fingerprint density at radius 1 is 1.30 bits per heavy atom. The standard InChI is InChI=1S/C15H24N2O2S/c1-3-5-13-8-10-17(11-9-13)20(18,19)15-12(2)6-4-7-14(15)16/h4,6-7,13H,3,5,8-11,16H2,1-2H3. The topological polar surface area (TPSA) is 63.4 Å². The number of piperidine rings is 1. The fourth-order valence-electron chi connectivity index (χ4n) is 3.00. The lowest BCUT2D eigenvalue weighted by Crippen LogP contribution is -2.39. The van der Waals surface area contributed by atoms with Crippen LogP contribution in [0.5, 0.6) is 0 Å². The van der Waals surface area contributed by atoms with Gasteiger partial charge in [0.15, 0.2) is 0 Å². The fourth-order valence-corrected chi connectivity index (χ4v) is 4.79. The van der Waals surface area contributed by atoms with Crippen LogP contribution in [0.1, 0.15) is 38.2 Å². The summed E-state index contributed by atoms with van der Waals surface area (Å²) in [6.45, 7) is 5.20. The molecule has 1 saturated heterocycles. The largest absolute Gasteiger partial charge is 0.398 e. The van der Waals surface area contributed by atoms with Gasteiger partial charge in [-0.25, -0.2) is 8.42 Å². The molecule has 0 spiro atoms. The Balaban J connectivity index is 2.20. The molecule has 0 atom stereocenters. The third-order valence-corrected chi connectivity index (χ3v) is 6.23. The number of benzene rings is 1. The molecule has 0 amide bonds. The average Bonchev–Trinajstić information content (AvgIpc) is 2.39. The van der Waals surface area contributed by atoms with E-state index in [9.17, 15) is 8.42 Å². The number of sulfonamides is 1. The zero-order valence-corrected chi connectivity index (χ0v) is 13.1. The van der Waals surface area contributed by atoms with Gasteiger partial charge < -0.3 is 5.73 Å². The number of nitrogen functional groups attached to an aromatic ring is 1. The minimum atomic E-state index is -3.45. The fraction of sp³-hybridized carbons (Fsp3) is 0.600. The summed E-state index contributed by atoms with van der Waals surface area (Å²) in [6, 6.07) is 5.24. The number of hydrogen-bond donors (Lipinski definition) is 1. The second-order valence-corrected chi connectivity index (χ2v) is 7.50. The highest BCUT2D eigenvalue weighted by Gasteiger charge is 2.31. The minimum Gasteiger partial charge on any atom is -0.398 e. The molecule has 5 heteroatoms. The van der Waals surface area contributed by atoms with Crippen LogP contribution in [0.2, 0.25) is 0 Å². The van der Waals surface area contributed by atoms with Crippen molar-refractivity contribution in [1.82, 2.24) is 4.31 Å². The molecular formula is C15H24N2O2S. The summed E-state index contributed by atoms with van der Waals surface area (Å²) in [7, 11) is -3.45. The lowest BCUT2D eigenvalue weighted by atomic mass is 9.94. The minimum absolute atomic E-state index is 0.286. The van der Waals surface area contributed by atoms with E-state index in [1.165, 1.54) is 12.8 Å². The summed E-state index contributed by atoms with van der Waals surface area (Å²) >= 11 is 0. The van der Waals surface area contributed by atoms with Crippen LogP contribution in [0.25, 0.3) is 0 Å². The molecule has 1 aliphatic rings. The van der Waals surface area contributed by atoms with Crippen molar-refractivity contribution in [2.45, 2.75) is 44.4 Å². The molecule has 0 aromatic heterocycles. The summed E-state index contributed by atoms with van der Waals surface area (Å²) in [6.07, 6.45) is 4.28. The van der Waals surface area contributed by atoms with E-state index in [0.717, 1.165) is 18.4 Å². The first-order valence-electron chi connectivity index (χ1n) is 7.32. The van der Waals surface area contributed by atoms with E-state index in [0.29, 0.717) is 24.7 Å². The molecule has 0 unspecified atom stereocenters. The molecule has 1 aromatic carbocycles. The second kappa shape index (κ2) is 6.14. The Hall–Kier alpha value is -1.07. The first kappa shape index (κ1) is 15.3. The quantitative estimate of drug-likeness (QED) is 0.869. The highest BCUT2D eigenvalue weighted by molar-refractivity contribution is 7.89. The summed E-state index contributed by atoms with van der Waals surface area (Å²) in [5.74, 6) is 0.667. The monoisotopic (exact) mass is 296 g/mol. The number of nitrogens with zero attached hydrogens (tertiary/aromatic N) is 1. The molecule has 0 saturated carbocycles. The van der Waals surface area contributed by atoms with E-state index < -0.39 is 10.0 Å². The summed E-state index contributed by atoms with van der Waals surface area (Å²) in [5.41, 5.74) is 6.95. The van der Waals surface area contributed by atoms with E-state index >= 15 is 0 Å². The predicted octanol–water partition coefficient (Wildman–Crippen LogP) is 2.78. The van der Waals surface area contributed by atoms with Crippen LogP contribution >= 0.6 is 0 Å². The van der Waals surface area contributed by atoms with Crippen molar-refractivity contribution in [3.63, 3.8) is 0 Å². The molecule has 2 rings (SSSR count). The third kappa shape index (κ3) is 2.99. The lowest BCUT2D eigenvalue weighted by Gasteiger charge is -2.31. The SMILES string of the molecule is CCCC1CCN(S(=O)(=O)c2c(C)cccc2N)CC1. The third-order valence-electron chi connectivity index (χ3n) is 4.11. The molecule has 0 radical (unpaired) electrons. The summed E-state index contributed by atoms with van der Waals surface area (Å²) in [4.78, 5) is 0.286. The van der Waals surface area contributed by atoms with Crippen molar-refractivity contribution < 1.29 is 8.42 Å². The first-order chi connectivity index (χ1) is 9.46. The van der Waals surface area contributed by atoms with Gasteiger partial charge in [-0.05, 0) is 37.3 Å². The van der Waals surface area contributed by atoms with Crippen molar-refractivity contribution in [1.29, 1.82) is 0 Å². The van der Waals surface area contributed by atoms with Gasteiger partial charge >= 0.3 is 0 Å². The maximum atomic E-state index is 12.7. The van der Waals surface area contributed by atoms with Gasteiger partial charge in [0, 0.05) is 13.1 Å². The van der Waals surface area contributed by atoms with Crippen molar-refractivity contribution in [3.8, 4) is 0 Å². The average molecular weight is 296 g/mol. The molecule has 1 aromatic rings. The van der Waals surface area contributed by atoms with Crippen LogP contribution in [0.4, 0.5) is 5.69 Å². The Labute approximate surface area is 122 Å². The molecule has 0 aliphatic carbocycles. The molecule has 1 fully saturated rings. The summed E-state index contributed by atoms with van der Waals surface area (Å²) in [5, 5.41) is 0. The Kier molecular flexibility index (Phi) is 4.70. The Morgan fingerprint density at radius 2 is 1.95 bits per heavy atom. The molecule has 0 bridgehead atoms. The van der Waals surface area contributed by atoms with Crippen LogP contribution < -0.4 is 5.73 Å². The van der Waals surface area contributed by atoms with Gasteiger partial charge in [0.1, 0.15) is 4.90 Å². The van der Waals surface area contributed by atoms with Gasteiger partial charge in [0.25, 0.3) is 0 Å². The van der Waals surface area contributed by atoms with Gasteiger partial charge in [-0.3, -0.25) is 0 Å². The molecule has 112 valence electrons. The molecule has 1 heterocycles. The predicted molar refractivity (Wildman–Crippen MR) is 82.0 cm³/mol.